The van der Waals surface area contributed by atoms with Gasteiger partial charge in [0.05, 0.1) is 0 Å². The van der Waals surface area contributed by atoms with E-state index in [9.17, 15) is 19.5 Å². The van der Waals surface area contributed by atoms with Gasteiger partial charge in [0.25, 0.3) is 0 Å². The smallest absolute Gasteiger partial charge is 0.337 e. The highest BCUT2D eigenvalue weighted by Crippen LogP contribution is 2.59. The lowest BCUT2D eigenvalue weighted by atomic mass is 9.87. The predicted molar refractivity (Wildman–Crippen MR) is 126 cm³/mol. The van der Waals surface area contributed by atoms with Gasteiger partial charge in [-0.3, -0.25) is 4.79 Å². The second kappa shape index (κ2) is 9.12. The molecule has 0 aliphatic carbocycles. The summed E-state index contributed by atoms with van der Waals surface area (Å²) in [4.78, 5) is 40.0. The molecule has 2 aromatic carbocycles. The fraction of sp³-hybridized carbons (Fsp3) is 0.375. The lowest BCUT2D eigenvalue weighted by Gasteiger charge is -2.51. The van der Waals surface area contributed by atoms with Crippen molar-refractivity contribution in [3.63, 3.8) is 0 Å². The van der Waals surface area contributed by atoms with Crippen LogP contribution in [0.15, 0.2) is 60.7 Å². The number of aliphatic hydroxyl groups excluding tert-OH is 1. The molecule has 9 heteroatoms. The van der Waals surface area contributed by atoms with Gasteiger partial charge in [0, 0.05) is 4.75 Å². The Morgan fingerprint density at radius 1 is 1.03 bits per heavy atom. The van der Waals surface area contributed by atoms with Crippen LogP contribution in [0.4, 0.5) is 0 Å². The zero-order chi connectivity index (χ0) is 23.8. The van der Waals surface area contributed by atoms with Crippen molar-refractivity contribution in [2.24, 2.45) is 0 Å². The van der Waals surface area contributed by atoms with E-state index in [1.807, 2.05) is 62.4 Å². The SMILES string of the molecule is CC1(C)S[C@H]2N(C(=O)C2(Br)C(O)C(=O)OCc2ccccc2)[C@H]1C(=O)OCc1ccccc1. The third-order valence-electron chi connectivity index (χ3n) is 5.82. The Balaban J connectivity index is 1.44. The molecule has 33 heavy (non-hydrogen) atoms. The van der Waals surface area contributed by atoms with Crippen LogP contribution >= 0.6 is 27.7 Å². The van der Waals surface area contributed by atoms with Gasteiger partial charge in [-0.05, 0) is 25.0 Å². The van der Waals surface area contributed by atoms with Crippen LogP contribution in [0.1, 0.15) is 25.0 Å². The molecule has 2 saturated heterocycles. The number of carbonyl (C=O) groups excluding carboxylic acids is 3. The normalized spacial score (nSPS) is 26.2. The number of esters is 2. The van der Waals surface area contributed by atoms with Gasteiger partial charge in [-0.25, -0.2) is 9.59 Å². The number of fused-ring (bicyclic) bond motifs is 1. The number of aliphatic hydroxyl groups is 1. The largest absolute Gasteiger partial charge is 0.459 e. The molecule has 2 heterocycles. The van der Waals surface area contributed by atoms with E-state index in [2.05, 4.69) is 15.9 Å². The molecule has 0 saturated carbocycles. The fourth-order valence-electron chi connectivity index (χ4n) is 4.06. The number of rotatable bonds is 7. The van der Waals surface area contributed by atoms with Crippen LogP contribution in [0.2, 0.25) is 0 Å². The molecule has 4 rings (SSSR count). The second-order valence-corrected chi connectivity index (χ2v) is 11.6. The Morgan fingerprint density at radius 3 is 2.09 bits per heavy atom. The van der Waals surface area contributed by atoms with Crippen molar-refractivity contribution in [3.05, 3.63) is 71.8 Å². The molecule has 2 unspecified atom stereocenters. The van der Waals surface area contributed by atoms with Gasteiger partial charge in [0.1, 0.15) is 24.6 Å². The highest BCUT2D eigenvalue weighted by molar-refractivity contribution is 9.10. The summed E-state index contributed by atoms with van der Waals surface area (Å²) in [6.45, 7) is 3.75. The van der Waals surface area contributed by atoms with E-state index in [1.54, 1.807) is 12.1 Å². The predicted octanol–water partition coefficient (Wildman–Crippen LogP) is 3.03. The summed E-state index contributed by atoms with van der Waals surface area (Å²) < 4.78 is 8.47. The minimum Gasteiger partial charge on any atom is -0.459 e. The van der Waals surface area contributed by atoms with Gasteiger partial charge in [-0.1, -0.05) is 76.6 Å². The molecule has 0 aromatic heterocycles. The third kappa shape index (κ3) is 4.29. The molecule has 174 valence electrons. The summed E-state index contributed by atoms with van der Waals surface area (Å²) in [5, 5.41) is 10.1. The molecular weight excluding hydrogens is 510 g/mol. The number of thioether (sulfide) groups is 1. The average Bonchev–Trinajstić information content (AvgIpc) is 3.10. The summed E-state index contributed by atoms with van der Waals surface area (Å²) in [5.41, 5.74) is 1.60. The molecule has 0 spiro atoms. The van der Waals surface area contributed by atoms with Crippen molar-refractivity contribution in [1.29, 1.82) is 0 Å². The van der Waals surface area contributed by atoms with Crippen molar-refractivity contribution in [2.75, 3.05) is 0 Å². The van der Waals surface area contributed by atoms with Crippen LogP contribution in [0.5, 0.6) is 0 Å². The molecule has 7 nitrogen and oxygen atoms in total. The van der Waals surface area contributed by atoms with Gasteiger partial charge < -0.3 is 19.5 Å². The number of amides is 1. The van der Waals surface area contributed by atoms with Gasteiger partial charge in [-0.2, -0.15) is 0 Å². The summed E-state index contributed by atoms with van der Waals surface area (Å²) in [7, 11) is 0. The molecule has 2 aliphatic heterocycles. The van der Waals surface area contributed by atoms with E-state index >= 15 is 0 Å². The Bertz CT molecular complexity index is 1050. The Morgan fingerprint density at radius 2 is 1.55 bits per heavy atom. The molecule has 1 amide bonds. The quantitative estimate of drug-likeness (QED) is 0.332. The van der Waals surface area contributed by atoms with Crippen LogP contribution in [-0.4, -0.2) is 54.4 Å². The number of nitrogens with zero attached hydrogens (tertiary/aromatic N) is 1. The highest BCUT2D eigenvalue weighted by atomic mass is 79.9. The minimum absolute atomic E-state index is 0.0184. The monoisotopic (exact) mass is 533 g/mol. The number of benzene rings is 2. The van der Waals surface area contributed by atoms with Crippen LogP contribution in [0.25, 0.3) is 0 Å². The van der Waals surface area contributed by atoms with Crippen molar-refractivity contribution >= 4 is 45.5 Å². The number of carbonyl (C=O) groups is 3. The first-order chi connectivity index (χ1) is 15.7. The third-order valence-corrected chi connectivity index (χ3v) is 8.98. The standard InChI is InChI=1S/C24H24BrNO6S/c1-23(2)17(19(28)31-13-15-9-5-3-6-10-15)26-21(30)24(25,22(26)33-23)18(27)20(29)32-14-16-11-7-4-8-12-16/h3-12,17-18,22,27H,13-14H2,1-2H3/t17-,18?,22+,24?/m0/s1. The first-order valence-electron chi connectivity index (χ1n) is 10.4. The fourth-order valence-corrected chi connectivity index (χ4v) is 6.60. The lowest BCUT2D eigenvalue weighted by Crippen LogP contribution is -2.75. The van der Waals surface area contributed by atoms with Crippen LogP contribution in [0.3, 0.4) is 0 Å². The highest BCUT2D eigenvalue weighted by Gasteiger charge is 2.74. The maximum absolute atomic E-state index is 13.2. The summed E-state index contributed by atoms with van der Waals surface area (Å²) in [6, 6.07) is 17.5. The van der Waals surface area contributed by atoms with Crippen LogP contribution in [0, 0.1) is 0 Å². The summed E-state index contributed by atoms with van der Waals surface area (Å²) in [6.07, 6.45) is -1.72. The van der Waals surface area contributed by atoms with Crippen molar-refractivity contribution in [1.82, 2.24) is 4.90 Å². The van der Waals surface area contributed by atoms with Crippen molar-refractivity contribution < 1.29 is 29.0 Å². The van der Waals surface area contributed by atoms with E-state index in [4.69, 9.17) is 9.47 Å². The van der Waals surface area contributed by atoms with Gasteiger partial charge >= 0.3 is 11.9 Å². The molecule has 0 radical (unpaired) electrons. The van der Waals surface area contributed by atoms with Gasteiger partial charge in [0.15, 0.2) is 10.4 Å². The number of hydrogen-bond acceptors (Lipinski definition) is 7. The van der Waals surface area contributed by atoms with Crippen LogP contribution < -0.4 is 0 Å². The van der Waals surface area contributed by atoms with Crippen LogP contribution in [-0.2, 0) is 37.1 Å². The molecule has 4 atom stereocenters. The number of alkyl halides is 1. The Labute approximate surface area is 204 Å². The molecular formula is C24H24BrNO6S. The number of halogens is 1. The maximum atomic E-state index is 13.2. The van der Waals surface area contributed by atoms with E-state index < -0.39 is 44.4 Å². The van der Waals surface area contributed by atoms with E-state index in [0.29, 0.717) is 0 Å². The van der Waals surface area contributed by atoms with Gasteiger partial charge in [0.2, 0.25) is 5.91 Å². The molecule has 2 aliphatic rings. The van der Waals surface area contributed by atoms with Crippen molar-refractivity contribution in [2.45, 2.75) is 53.7 Å². The topological polar surface area (TPSA) is 93.1 Å². The molecule has 2 fully saturated rings. The summed E-state index contributed by atoms with van der Waals surface area (Å²) >= 11 is 4.66. The van der Waals surface area contributed by atoms with Gasteiger partial charge in [-0.15, -0.1) is 11.8 Å². The first kappa shape index (κ1) is 23.8. The number of hydrogen-bond donors (Lipinski definition) is 1. The molecule has 1 N–H and O–H groups in total. The average molecular weight is 534 g/mol. The number of β-lactam (4-membered cyclic amide) rings is 1. The Kier molecular flexibility index (Phi) is 6.57. The zero-order valence-electron chi connectivity index (χ0n) is 18.1. The Hall–Kier alpha value is -2.36. The second-order valence-electron chi connectivity index (χ2n) is 8.55. The maximum Gasteiger partial charge on any atom is 0.337 e. The van der Waals surface area contributed by atoms with Crippen molar-refractivity contribution in [3.8, 4) is 0 Å². The van der Waals surface area contributed by atoms with E-state index in [1.165, 1.54) is 16.7 Å². The van der Waals surface area contributed by atoms with E-state index in [-0.39, 0.29) is 13.2 Å². The molecule has 0 bridgehead atoms. The lowest BCUT2D eigenvalue weighted by molar-refractivity contribution is -0.175. The van der Waals surface area contributed by atoms with E-state index in [0.717, 1.165) is 11.1 Å². The summed E-state index contributed by atoms with van der Waals surface area (Å²) in [5.74, 6) is -1.98. The first-order valence-corrected chi connectivity index (χ1v) is 12.1. The zero-order valence-corrected chi connectivity index (χ0v) is 20.5. The number of ether oxygens (including phenoxy) is 2. The minimum atomic E-state index is -1.72. The molecule has 2 aromatic rings.